The summed E-state index contributed by atoms with van der Waals surface area (Å²) in [5.41, 5.74) is 0. The molecule has 0 bridgehead atoms. The smallest absolute Gasteiger partial charge is 0.103 e. The standard InChI is InChI=1S/C13H28O3.2C6H14/c1-2-3-4-5-6-7-8-9-10-12(15)13(16)11-14;2*1-3-5-6-4-2/h12-16H,2-11H2,1H3;2*3-6H2,1-2H3. The zero-order chi connectivity index (χ0) is 21.9. The lowest BCUT2D eigenvalue weighted by Crippen LogP contribution is -2.28. The van der Waals surface area contributed by atoms with Crippen LogP contribution in [0.25, 0.3) is 0 Å². The molecule has 0 saturated carbocycles. The fourth-order valence-electron chi connectivity index (χ4n) is 2.80. The molecule has 0 radical (unpaired) electrons. The number of rotatable bonds is 17. The molecule has 3 heteroatoms. The Hall–Kier alpha value is -0.120. The van der Waals surface area contributed by atoms with Gasteiger partial charge < -0.3 is 15.3 Å². The average Bonchev–Trinajstić information content (AvgIpc) is 2.72. The van der Waals surface area contributed by atoms with Crippen LogP contribution in [0.4, 0.5) is 0 Å². The summed E-state index contributed by atoms with van der Waals surface area (Å²) in [6.07, 6.45) is 19.7. The molecule has 3 N–H and O–H groups in total. The Kier molecular flexibility index (Phi) is 36.7. The highest BCUT2D eigenvalue weighted by Crippen LogP contribution is 2.11. The van der Waals surface area contributed by atoms with Crippen molar-refractivity contribution in [1.29, 1.82) is 0 Å². The van der Waals surface area contributed by atoms with Crippen LogP contribution in [-0.4, -0.2) is 34.1 Å². The van der Waals surface area contributed by atoms with Crippen molar-refractivity contribution in [2.45, 2.75) is 156 Å². The second-order valence-corrected chi connectivity index (χ2v) is 8.00. The van der Waals surface area contributed by atoms with Crippen LogP contribution in [0, 0.1) is 0 Å². The molecule has 0 aliphatic carbocycles. The van der Waals surface area contributed by atoms with Gasteiger partial charge in [0, 0.05) is 0 Å². The molecule has 2 atom stereocenters. The number of unbranched alkanes of at least 4 members (excludes halogenated alkanes) is 13. The molecule has 2 unspecified atom stereocenters. The summed E-state index contributed by atoms with van der Waals surface area (Å²) in [7, 11) is 0. The van der Waals surface area contributed by atoms with Crippen molar-refractivity contribution in [3.63, 3.8) is 0 Å². The lowest BCUT2D eigenvalue weighted by molar-refractivity contribution is -0.0185. The molecule has 0 aromatic rings. The van der Waals surface area contributed by atoms with Crippen LogP contribution < -0.4 is 0 Å². The first-order chi connectivity index (χ1) is 13.5. The van der Waals surface area contributed by atoms with Crippen LogP contribution in [0.1, 0.15) is 144 Å². The Morgan fingerprint density at radius 1 is 0.429 bits per heavy atom. The summed E-state index contributed by atoms with van der Waals surface area (Å²) in [6, 6.07) is 0. The number of aliphatic hydroxyl groups excluding tert-OH is 3. The lowest BCUT2D eigenvalue weighted by atomic mass is 10.0. The minimum Gasteiger partial charge on any atom is -0.394 e. The molecule has 0 fully saturated rings. The first kappa shape index (κ1) is 32.5. The molecule has 28 heavy (non-hydrogen) atoms. The zero-order valence-corrected chi connectivity index (χ0v) is 20.2. The van der Waals surface area contributed by atoms with Gasteiger partial charge in [-0.3, -0.25) is 0 Å². The monoisotopic (exact) mass is 404 g/mol. The van der Waals surface area contributed by atoms with Gasteiger partial charge in [-0.05, 0) is 6.42 Å². The van der Waals surface area contributed by atoms with Gasteiger partial charge in [0.1, 0.15) is 6.10 Å². The molecule has 0 aliphatic heterocycles. The summed E-state index contributed by atoms with van der Waals surface area (Å²) >= 11 is 0. The molecule has 0 rings (SSSR count). The summed E-state index contributed by atoms with van der Waals surface area (Å²) in [5.74, 6) is 0. The van der Waals surface area contributed by atoms with E-state index in [-0.39, 0.29) is 6.61 Å². The van der Waals surface area contributed by atoms with Gasteiger partial charge in [0.15, 0.2) is 0 Å². The molecule has 0 spiro atoms. The van der Waals surface area contributed by atoms with Crippen LogP contribution in [0.15, 0.2) is 0 Å². The summed E-state index contributed by atoms with van der Waals surface area (Å²) in [6.45, 7) is 10.8. The number of hydrogen-bond acceptors (Lipinski definition) is 3. The van der Waals surface area contributed by atoms with Crippen molar-refractivity contribution in [2.24, 2.45) is 0 Å². The SMILES string of the molecule is CCCCCC.CCCCCC.CCCCCCCCCCC(O)C(O)CO. The molecule has 0 heterocycles. The van der Waals surface area contributed by atoms with E-state index < -0.39 is 12.2 Å². The third-order valence-corrected chi connectivity index (χ3v) is 4.90. The first-order valence-corrected chi connectivity index (χ1v) is 12.5. The fourth-order valence-corrected chi connectivity index (χ4v) is 2.80. The predicted molar refractivity (Wildman–Crippen MR) is 126 cm³/mol. The molecule has 174 valence electrons. The molecule has 3 nitrogen and oxygen atoms in total. The molecule has 0 aromatic heterocycles. The quantitative estimate of drug-likeness (QED) is 0.221. The minimum atomic E-state index is -0.968. The van der Waals surface area contributed by atoms with Gasteiger partial charge in [0.2, 0.25) is 0 Å². The van der Waals surface area contributed by atoms with Crippen LogP contribution in [-0.2, 0) is 0 Å². The van der Waals surface area contributed by atoms with Crippen LogP contribution >= 0.6 is 0 Å². The molecule has 0 aliphatic rings. The van der Waals surface area contributed by atoms with Gasteiger partial charge in [-0.25, -0.2) is 0 Å². The van der Waals surface area contributed by atoms with E-state index in [1.54, 1.807) is 0 Å². The van der Waals surface area contributed by atoms with Crippen molar-refractivity contribution in [3.8, 4) is 0 Å². The third kappa shape index (κ3) is 33.5. The third-order valence-electron chi connectivity index (χ3n) is 4.90. The largest absolute Gasteiger partial charge is 0.394 e. The highest BCUT2D eigenvalue weighted by Gasteiger charge is 2.13. The highest BCUT2D eigenvalue weighted by atomic mass is 16.4. The van der Waals surface area contributed by atoms with Gasteiger partial charge in [-0.1, -0.05) is 137 Å². The molecular weight excluding hydrogens is 348 g/mol. The Labute approximate surface area is 178 Å². The first-order valence-electron chi connectivity index (χ1n) is 12.5. The maximum atomic E-state index is 9.38. The van der Waals surface area contributed by atoms with Crippen LogP contribution in [0.5, 0.6) is 0 Å². The zero-order valence-electron chi connectivity index (χ0n) is 20.2. The predicted octanol–water partition coefficient (Wildman–Crippen LogP) is 7.40. The van der Waals surface area contributed by atoms with Gasteiger partial charge in [0.05, 0.1) is 12.7 Å². The topological polar surface area (TPSA) is 60.7 Å². The van der Waals surface area contributed by atoms with E-state index in [1.807, 2.05) is 0 Å². The summed E-state index contributed by atoms with van der Waals surface area (Å²) in [4.78, 5) is 0. The van der Waals surface area contributed by atoms with Gasteiger partial charge in [0.25, 0.3) is 0 Å². The van der Waals surface area contributed by atoms with E-state index in [2.05, 4.69) is 34.6 Å². The maximum Gasteiger partial charge on any atom is 0.103 e. The minimum absolute atomic E-state index is 0.349. The Morgan fingerprint density at radius 3 is 1.04 bits per heavy atom. The molecule has 0 amide bonds. The van der Waals surface area contributed by atoms with Crippen LogP contribution in [0.3, 0.4) is 0 Å². The average molecular weight is 405 g/mol. The van der Waals surface area contributed by atoms with E-state index >= 15 is 0 Å². The fraction of sp³-hybridized carbons (Fsp3) is 1.00. The van der Waals surface area contributed by atoms with Crippen molar-refractivity contribution in [2.75, 3.05) is 6.61 Å². The summed E-state index contributed by atoms with van der Waals surface area (Å²) in [5, 5.41) is 27.1. The van der Waals surface area contributed by atoms with Crippen molar-refractivity contribution >= 4 is 0 Å². The Bertz CT molecular complexity index is 218. The second-order valence-electron chi connectivity index (χ2n) is 8.00. The van der Waals surface area contributed by atoms with Crippen molar-refractivity contribution < 1.29 is 15.3 Å². The van der Waals surface area contributed by atoms with E-state index in [4.69, 9.17) is 10.2 Å². The van der Waals surface area contributed by atoms with Crippen molar-refractivity contribution in [3.05, 3.63) is 0 Å². The normalized spacial score (nSPS) is 12.4. The van der Waals surface area contributed by atoms with E-state index in [1.165, 1.54) is 89.9 Å². The highest BCUT2D eigenvalue weighted by molar-refractivity contribution is 4.65. The second kappa shape index (κ2) is 31.6. The maximum absolute atomic E-state index is 9.38. The molecule has 0 aromatic carbocycles. The summed E-state index contributed by atoms with van der Waals surface area (Å²) < 4.78 is 0. The van der Waals surface area contributed by atoms with Gasteiger partial charge >= 0.3 is 0 Å². The Balaban J connectivity index is -0.000000426. The lowest BCUT2D eigenvalue weighted by Gasteiger charge is -2.14. The van der Waals surface area contributed by atoms with E-state index in [0.717, 1.165) is 12.8 Å². The van der Waals surface area contributed by atoms with E-state index in [0.29, 0.717) is 6.42 Å². The van der Waals surface area contributed by atoms with Gasteiger partial charge in [-0.15, -0.1) is 0 Å². The van der Waals surface area contributed by atoms with E-state index in [9.17, 15) is 5.11 Å². The number of hydrogen-bond donors (Lipinski definition) is 3. The van der Waals surface area contributed by atoms with Crippen molar-refractivity contribution in [1.82, 2.24) is 0 Å². The van der Waals surface area contributed by atoms with Gasteiger partial charge in [-0.2, -0.15) is 0 Å². The van der Waals surface area contributed by atoms with Crippen LogP contribution in [0.2, 0.25) is 0 Å². The number of aliphatic hydroxyl groups is 3. The Morgan fingerprint density at radius 2 is 0.714 bits per heavy atom. The molecular formula is C25H56O3. The molecule has 0 saturated heterocycles.